The normalized spacial score (nSPS) is 20.2. The number of rotatable bonds is 4. The first-order valence-corrected chi connectivity index (χ1v) is 6.77. The first kappa shape index (κ1) is 12.9. The summed E-state index contributed by atoms with van der Waals surface area (Å²) in [7, 11) is 1.94. The van der Waals surface area contributed by atoms with Crippen LogP contribution in [0.15, 0.2) is 22.7 Å². The van der Waals surface area contributed by atoms with Gasteiger partial charge < -0.3 is 14.8 Å². The highest BCUT2D eigenvalue weighted by Crippen LogP contribution is 2.31. The van der Waals surface area contributed by atoms with E-state index in [9.17, 15) is 0 Å². The molecule has 0 bridgehead atoms. The van der Waals surface area contributed by atoms with Crippen LogP contribution in [0.25, 0.3) is 0 Å². The Morgan fingerprint density at radius 2 is 2.41 bits per heavy atom. The quantitative estimate of drug-likeness (QED) is 0.927. The number of hydrogen-bond acceptors (Lipinski definition) is 3. The first-order valence-electron chi connectivity index (χ1n) is 5.97. The second-order valence-electron chi connectivity index (χ2n) is 4.22. The molecule has 1 N–H and O–H groups in total. The van der Waals surface area contributed by atoms with Crippen molar-refractivity contribution in [2.45, 2.75) is 25.5 Å². The summed E-state index contributed by atoms with van der Waals surface area (Å²) in [4.78, 5) is 0. The lowest BCUT2D eigenvalue weighted by atomic mass is 10.1. The average Bonchev–Trinajstić information content (AvgIpc) is 2.35. The first-order chi connectivity index (χ1) is 8.31. The van der Waals surface area contributed by atoms with Crippen LogP contribution >= 0.6 is 15.9 Å². The van der Waals surface area contributed by atoms with E-state index in [1.54, 1.807) is 0 Å². The zero-order valence-electron chi connectivity index (χ0n) is 10.0. The third kappa shape index (κ3) is 3.44. The van der Waals surface area contributed by atoms with E-state index >= 15 is 0 Å². The van der Waals surface area contributed by atoms with Crippen molar-refractivity contribution < 1.29 is 9.47 Å². The molecule has 1 saturated heterocycles. The predicted octanol–water partition coefficient (Wildman–Crippen LogP) is 2.73. The molecule has 1 aromatic rings. The van der Waals surface area contributed by atoms with E-state index in [0.717, 1.165) is 36.2 Å². The van der Waals surface area contributed by atoms with Gasteiger partial charge in [0.25, 0.3) is 0 Å². The maximum atomic E-state index is 6.06. The van der Waals surface area contributed by atoms with Crippen molar-refractivity contribution in [1.29, 1.82) is 0 Å². The van der Waals surface area contributed by atoms with Gasteiger partial charge in [-0.1, -0.05) is 12.1 Å². The smallest absolute Gasteiger partial charge is 0.138 e. The molecule has 1 aromatic carbocycles. The van der Waals surface area contributed by atoms with Gasteiger partial charge in [-0.05, 0) is 41.9 Å². The van der Waals surface area contributed by atoms with Gasteiger partial charge in [-0.25, -0.2) is 0 Å². The molecular formula is C13H18BrNO2. The SMILES string of the molecule is CNCc1cccc(Br)c1OC1CCCOC1. The van der Waals surface area contributed by atoms with Crippen LogP contribution in [0.1, 0.15) is 18.4 Å². The van der Waals surface area contributed by atoms with Gasteiger partial charge in [0, 0.05) is 18.7 Å². The van der Waals surface area contributed by atoms with Crippen LogP contribution in [0, 0.1) is 0 Å². The lowest BCUT2D eigenvalue weighted by Gasteiger charge is -2.25. The van der Waals surface area contributed by atoms with Gasteiger partial charge in [0.1, 0.15) is 11.9 Å². The van der Waals surface area contributed by atoms with E-state index < -0.39 is 0 Å². The molecule has 3 nitrogen and oxygen atoms in total. The van der Waals surface area contributed by atoms with Gasteiger partial charge in [-0.15, -0.1) is 0 Å². The summed E-state index contributed by atoms with van der Waals surface area (Å²) in [6.07, 6.45) is 2.33. The van der Waals surface area contributed by atoms with Gasteiger partial charge >= 0.3 is 0 Å². The molecule has 0 aliphatic carbocycles. The molecule has 2 rings (SSSR count). The summed E-state index contributed by atoms with van der Waals surface area (Å²) >= 11 is 3.55. The largest absolute Gasteiger partial charge is 0.486 e. The summed E-state index contributed by atoms with van der Waals surface area (Å²) < 4.78 is 12.5. The molecule has 0 saturated carbocycles. The van der Waals surface area contributed by atoms with Gasteiger partial charge in [-0.3, -0.25) is 0 Å². The molecule has 1 heterocycles. The Morgan fingerprint density at radius 1 is 1.53 bits per heavy atom. The molecular weight excluding hydrogens is 282 g/mol. The zero-order valence-corrected chi connectivity index (χ0v) is 11.6. The van der Waals surface area contributed by atoms with Crippen LogP contribution < -0.4 is 10.1 Å². The minimum absolute atomic E-state index is 0.179. The minimum atomic E-state index is 0.179. The Kier molecular flexibility index (Phi) is 4.83. The number of para-hydroxylation sites is 1. The van der Waals surface area contributed by atoms with Crippen molar-refractivity contribution in [3.63, 3.8) is 0 Å². The molecule has 17 heavy (non-hydrogen) atoms. The van der Waals surface area contributed by atoms with E-state index in [4.69, 9.17) is 9.47 Å². The molecule has 1 aliphatic heterocycles. The van der Waals surface area contributed by atoms with Crippen LogP contribution in [0.4, 0.5) is 0 Å². The molecule has 94 valence electrons. The Balaban J connectivity index is 2.12. The van der Waals surface area contributed by atoms with Gasteiger partial charge in [0.2, 0.25) is 0 Å². The molecule has 0 radical (unpaired) electrons. The maximum absolute atomic E-state index is 6.06. The van der Waals surface area contributed by atoms with Crippen molar-refractivity contribution in [1.82, 2.24) is 5.32 Å². The van der Waals surface area contributed by atoms with Gasteiger partial charge in [0.05, 0.1) is 11.1 Å². The second-order valence-corrected chi connectivity index (χ2v) is 5.07. The van der Waals surface area contributed by atoms with Crippen LogP contribution in [0.2, 0.25) is 0 Å². The molecule has 0 amide bonds. The number of hydrogen-bond donors (Lipinski definition) is 1. The fourth-order valence-corrected chi connectivity index (χ4v) is 2.49. The van der Waals surface area contributed by atoms with Crippen LogP contribution in [0.3, 0.4) is 0 Å². The number of nitrogens with one attached hydrogen (secondary N) is 1. The Morgan fingerprint density at radius 3 is 3.12 bits per heavy atom. The lowest BCUT2D eigenvalue weighted by Crippen LogP contribution is -2.28. The van der Waals surface area contributed by atoms with Crippen LogP contribution in [0.5, 0.6) is 5.75 Å². The predicted molar refractivity (Wildman–Crippen MR) is 71.4 cm³/mol. The maximum Gasteiger partial charge on any atom is 0.138 e. The number of benzene rings is 1. The highest BCUT2D eigenvalue weighted by atomic mass is 79.9. The van der Waals surface area contributed by atoms with Crippen LogP contribution in [-0.4, -0.2) is 26.4 Å². The Labute approximate surface area is 111 Å². The fraction of sp³-hybridized carbons (Fsp3) is 0.538. The monoisotopic (exact) mass is 299 g/mol. The summed E-state index contributed by atoms with van der Waals surface area (Å²) in [5.41, 5.74) is 1.17. The highest BCUT2D eigenvalue weighted by Gasteiger charge is 2.18. The minimum Gasteiger partial charge on any atom is -0.486 e. The van der Waals surface area contributed by atoms with E-state index in [1.807, 2.05) is 19.2 Å². The molecule has 0 aromatic heterocycles. The third-order valence-electron chi connectivity index (χ3n) is 2.82. The standard InChI is InChI=1S/C13H18BrNO2/c1-15-8-10-4-2-6-12(14)13(10)17-11-5-3-7-16-9-11/h2,4,6,11,15H,3,5,7-9H2,1H3. The van der Waals surface area contributed by atoms with E-state index in [-0.39, 0.29) is 6.10 Å². The summed E-state index contributed by atoms with van der Waals surface area (Å²) in [6.45, 7) is 2.36. The average molecular weight is 300 g/mol. The summed E-state index contributed by atoms with van der Waals surface area (Å²) in [5.74, 6) is 0.942. The molecule has 0 spiro atoms. The van der Waals surface area contributed by atoms with Crippen molar-refractivity contribution >= 4 is 15.9 Å². The third-order valence-corrected chi connectivity index (χ3v) is 3.44. The lowest BCUT2D eigenvalue weighted by molar-refractivity contribution is 0.00669. The van der Waals surface area contributed by atoms with E-state index in [2.05, 4.69) is 27.3 Å². The number of halogens is 1. The molecule has 1 atom stereocenters. The Bertz CT molecular complexity index is 364. The number of ether oxygens (including phenoxy) is 2. The summed E-state index contributed by atoms with van der Waals surface area (Å²) in [6, 6.07) is 6.12. The fourth-order valence-electron chi connectivity index (χ4n) is 1.99. The summed E-state index contributed by atoms with van der Waals surface area (Å²) in [5, 5.41) is 3.16. The molecule has 1 unspecified atom stereocenters. The van der Waals surface area contributed by atoms with Crippen molar-refractivity contribution in [3.05, 3.63) is 28.2 Å². The topological polar surface area (TPSA) is 30.5 Å². The Hall–Kier alpha value is -0.580. The second kappa shape index (κ2) is 6.38. The zero-order chi connectivity index (χ0) is 12.1. The van der Waals surface area contributed by atoms with Gasteiger partial charge in [-0.2, -0.15) is 0 Å². The van der Waals surface area contributed by atoms with Crippen molar-refractivity contribution in [2.75, 3.05) is 20.3 Å². The molecule has 1 fully saturated rings. The van der Waals surface area contributed by atoms with Gasteiger partial charge in [0.15, 0.2) is 0 Å². The van der Waals surface area contributed by atoms with E-state index in [1.165, 1.54) is 5.56 Å². The molecule has 1 aliphatic rings. The van der Waals surface area contributed by atoms with E-state index in [0.29, 0.717) is 6.61 Å². The van der Waals surface area contributed by atoms with Crippen molar-refractivity contribution in [2.24, 2.45) is 0 Å². The van der Waals surface area contributed by atoms with Crippen LogP contribution in [-0.2, 0) is 11.3 Å². The molecule has 4 heteroatoms. The van der Waals surface area contributed by atoms with Crippen molar-refractivity contribution in [3.8, 4) is 5.75 Å². The highest BCUT2D eigenvalue weighted by molar-refractivity contribution is 9.10.